The van der Waals surface area contributed by atoms with E-state index in [2.05, 4.69) is 30.4 Å². The van der Waals surface area contributed by atoms with Crippen molar-refractivity contribution < 1.29 is 9.47 Å². The molecule has 1 aliphatic heterocycles. The van der Waals surface area contributed by atoms with Crippen LogP contribution in [-0.4, -0.2) is 19.8 Å². The smallest absolute Gasteiger partial charge is 0.122 e. The van der Waals surface area contributed by atoms with Crippen LogP contribution in [0.5, 0.6) is 11.5 Å². The number of hydrogen-bond acceptors (Lipinski definition) is 3. The van der Waals surface area contributed by atoms with Crippen molar-refractivity contribution in [2.45, 2.75) is 19.4 Å². The minimum absolute atomic E-state index is 0.315. The van der Waals surface area contributed by atoms with E-state index in [1.165, 1.54) is 11.1 Å². The summed E-state index contributed by atoms with van der Waals surface area (Å²) in [7, 11) is 0. The number of fused-ring (bicyclic) bond motifs is 1. The van der Waals surface area contributed by atoms with Gasteiger partial charge in [0.1, 0.15) is 18.1 Å². The molecule has 3 heteroatoms. The van der Waals surface area contributed by atoms with Crippen molar-refractivity contribution in [1.29, 1.82) is 0 Å². The third kappa shape index (κ3) is 3.56. The van der Waals surface area contributed by atoms with Gasteiger partial charge in [0.2, 0.25) is 0 Å². The average molecular weight is 283 g/mol. The number of hydrogen-bond donors (Lipinski definition) is 1. The number of nitrogens with one attached hydrogen (secondary N) is 1. The third-order valence-corrected chi connectivity index (χ3v) is 3.78. The maximum atomic E-state index is 5.68. The second-order valence-corrected chi connectivity index (χ2v) is 5.30. The van der Waals surface area contributed by atoms with Crippen molar-refractivity contribution >= 4 is 0 Å². The summed E-state index contributed by atoms with van der Waals surface area (Å²) < 4.78 is 11.2. The molecule has 2 aromatic carbocycles. The summed E-state index contributed by atoms with van der Waals surface area (Å²) in [5.41, 5.74) is 2.63. The number of ether oxygens (including phenoxy) is 2. The van der Waals surface area contributed by atoms with Crippen LogP contribution >= 0.6 is 0 Å². The minimum atomic E-state index is 0.315. The molecular formula is C18H21NO2. The van der Waals surface area contributed by atoms with Gasteiger partial charge in [-0.15, -0.1) is 0 Å². The highest BCUT2D eigenvalue weighted by Gasteiger charge is 2.14. The second-order valence-electron chi connectivity index (χ2n) is 5.30. The highest BCUT2D eigenvalue weighted by atomic mass is 16.5. The molecule has 0 aromatic heterocycles. The fourth-order valence-electron chi connectivity index (χ4n) is 2.55. The Morgan fingerprint density at radius 2 is 2.05 bits per heavy atom. The fourth-order valence-corrected chi connectivity index (χ4v) is 2.55. The minimum Gasteiger partial charge on any atom is -0.493 e. The number of para-hydroxylation sites is 1. The molecule has 0 saturated carbocycles. The van der Waals surface area contributed by atoms with E-state index < -0.39 is 0 Å². The monoisotopic (exact) mass is 283 g/mol. The Hall–Kier alpha value is -2.00. The normalized spacial score (nSPS) is 14.3. The summed E-state index contributed by atoms with van der Waals surface area (Å²) in [6, 6.07) is 16.7. The van der Waals surface area contributed by atoms with Crippen molar-refractivity contribution in [3.05, 3.63) is 59.7 Å². The lowest BCUT2D eigenvalue weighted by Gasteiger charge is -2.15. The Balaban J connectivity index is 1.47. The Morgan fingerprint density at radius 3 is 2.90 bits per heavy atom. The molecule has 1 aliphatic rings. The van der Waals surface area contributed by atoms with Crippen LogP contribution in [0, 0.1) is 0 Å². The Labute approximate surface area is 125 Å². The molecule has 0 amide bonds. The van der Waals surface area contributed by atoms with Gasteiger partial charge in [-0.1, -0.05) is 30.3 Å². The van der Waals surface area contributed by atoms with Gasteiger partial charge in [0.15, 0.2) is 0 Å². The van der Waals surface area contributed by atoms with E-state index in [1.807, 2.05) is 30.3 Å². The second kappa shape index (κ2) is 6.64. The Kier molecular flexibility index (Phi) is 4.41. The van der Waals surface area contributed by atoms with Crippen molar-refractivity contribution in [2.75, 3.05) is 19.8 Å². The summed E-state index contributed by atoms with van der Waals surface area (Å²) >= 11 is 0. The van der Waals surface area contributed by atoms with Gasteiger partial charge in [-0.05, 0) is 36.2 Å². The van der Waals surface area contributed by atoms with E-state index in [0.717, 1.165) is 31.1 Å². The molecule has 3 rings (SSSR count). The maximum absolute atomic E-state index is 5.68. The molecule has 0 aliphatic carbocycles. The van der Waals surface area contributed by atoms with Crippen molar-refractivity contribution in [3.63, 3.8) is 0 Å². The topological polar surface area (TPSA) is 30.5 Å². The van der Waals surface area contributed by atoms with Gasteiger partial charge in [0, 0.05) is 19.0 Å². The van der Waals surface area contributed by atoms with Crippen molar-refractivity contribution in [1.82, 2.24) is 5.32 Å². The van der Waals surface area contributed by atoms with E-state index in [1.54, 1.807) is 0 Å². The predicted molar refractivity (Wildman–Crippen MR) is 84.0 cm³/mol. The molecule has 1 N–H and O–H groups in total. The Bertz CT molecular complexity index is 583. The highest BCUT2D eigenvalue weighted by molar-refractivity contribution is 5.40. The molecule has 21 heavy (non-hydrogen) atoms. The molecule has 0 radical (unpaired) electrons. The van der Waals surface area contributed by atoms with Gasteiger partial charge in [-0.2, -0.15) is 0 Å². The van der Waals surface area contributed by atoms with E-state index in [9.17, 15) is 0 Å². The molecular weight excluding hydrogens is 262 g/mol. The molecule has 110 valence electrons. The first-order valence-electron chi connectivity index (χ1n) is 7.50. The molecule has 0 spiro atoms. The van der Waals surface area contributed by atoms with E-state index in [4.69, 9.17) is 9.47 Å². The molecule has 1 unspecified atom stereocenters. The number of benzene rings is 2. The zero-order valence-electron chi connectivity index (χ0n) is 12.3. The zero-order valence-corrected chi connectivity index (χ0v) is 12.3. The maximum Gasteiger partial charge on any atom is 0.122 e. The molecule has 1 heterocycles. The SMILES string of the molecule is CC(NCCOc1ccccc1)c1ccc2c(c1)CCO2. The average Bonchev–Trinajstić information content (AvgIpc) is 3.00. The first-order valence-corrected chi connectivity index (χ1v) is 7.50. The third-order valence-electron chi connectivity index (χ3n) is 3.78. The van der Waals surface area contributed by atoms with Crippen molar-refractivity contribution in [2.24, 2.45) is 0 Å². The van der Waals surface area contributed by atoms with Crippen molar-refractivity contribution in [3.8, 4) is 11.5 Å². The van der Waals surface area contributed by atoms with E-state index >= 15 is 0 Å². The summed E-state index contributed by atoms with van der Waals surface area (Å²) in [6.45, 7) is 4.48. The summed E-state index contributed by atoms with van der Waals surface area (Å²) in [4.78, 5) is 0. The predicted octanol–water partition coefficient (Wildman–Crippen LogP) is 3.35. The van der Waals surface area contributed by atoms with Gasteiger partial charge in [0.05, 0.1) is 6.61 Å². The van der Waals surface area contributed by atoms with Crippen LogP contribution in [-0.2, 0) is 6.42 Å². The first kappa shape index (κ1) is 14.0. The quantitative estimate of drug-likeness (QED) is 0.825. The lowest BCUT2D eigenvalue weighted by molar-refractivity contribution is 0.307. The van der Waals surface area contributed by atoms with Gasteiger partial charge >= 0.3 is 0 Å². The van der Waals surface area contributed by atoms with Gasteiger partial charge in [0.25, 0.3) is 0 Å². The summed E-state index contributed by atoms with van der Waals surface area (Å²) in [5, 5.41) is 3.49. The Morgan fingerprint density at radius 1 is 1.19 bits per heavy atom. The van der Waals surface area contributed by atoms with Crippen LogP contribution in [0.15, 0.2) is 48.5 Å². The molecule has 0 fully saturated rings. The lowest BCUT2D eigenvalue weighted by atomic mass is 10.0. The molecule has 0 bridgehead atoms. The van der Waals surface area contributed by atoms with Gasteiger partial charge < -0.3 is 14.8 Å². The molecule has 3 nitrogen and oxygen atoms in total. The van der Waals surface area contributed by atoms with Crippen LogP contribution < -0.4 is 14.8 Å². The zero-order chi connectivity index (χ0) is 14.5. The molecule has 1 atom stereocenters. The summed E-state index contributed by atoms with van der Waals surface area (Å²) in [6.07, 6.45) is 1.02. The van der Waals surface area contributed by atoms with Gasteiger partial charge in [-0.25, -0.2) is 0 Å². The van der Waals surface area contributed by atoms with Crippen LogP contribution in [0.4, 0.5) is 0 Å². The van der Waals surface area contributed by atoms with Crippen LogP contribution in [0.1, 0.15) is 24.1 Å². The first-order chi connectivity index (χ1) is 10.3. The van der Waals surface area contributed by atoms with Crippen LogP contribution in [0.3, 0.4) is 0 Å². The molecule has 0 saturated heterocycles. The van der Waals surface area contributed by atoms with Gasteiger partial charge in [-0.3, -0.25) is 0 Å². The largest absolute Gasteiger partial charge is 0.493 e. The van der Waals surface area contributed by atoms with Crippen LogP contribution in [0.2, 0.25) is 0 Å². The number of rotatable bonds is 6. The molecule has 2 aromatic rings. The fraction of sp³-hybridized carbons (Fsp3) is 0.333. The highest BCUT2D eigenvalue weighted by Crippen LogP contribution is 2.27. The lowest BCUT2D eigenvalue weighted by Crippen LogP contribution is -2.24. The summed E-state index contributed by atoms with van der Waals surface area (Å²) in [5.74, 6) is 1.96. The van der Waals surface area contributed by atoms with Crippen LogP contribution in [0.25, 0.3) is 0 Å². The standard InChI is InChI=1S/C18H21NO2/c1-14(15-7-8-18-16(13-15)9-11-21-18)19-10-12-20-17-5-3-2-4-6-17/h2-8,13-14,19H,9-12H2,1H3. The van der Waals surface area contributed by atoms with E-state index in [-0.39, 0.29) is 0 Å². The van der Waals surface area contributed by atoms with E-state index in [0.29, 0.717) is 12.6 Å².